The van der Waals surface area contributed by atoms with Crippen molar-refractivity contribution in [2.75, 3.05) is 6.54 Å². The SMILES string of the molecule is C/C=C/C=CC(=O)NC(C)(CN)C(C)C. The van der Waals surface area contributed by atoms with Gasteiger partial charge in [-0.2, -0.15) is 0 Å². The van der Waals surface area contributed by atoms with Gasteiger partial charge >= 0.3 is 0 Å². The van der Waals surface area contributed by atoms with Crippen molar-refractivity contribution in [2.24, 2.45) is 11.7 Å². The molecule has 0 aliphatic rings. The highest BCUT2D eigenvalue weighted by atomic mass is 16.1. The first-order chi connectivity index (χ1) is 6.96. The third-order valence-corrected chi connectivity index (χ3v) is 2.66. The molecule has 0 aliphatic carbocycles. The third kappa shape index (κ3) is 4.79. The average Bonchev–Trinajstić information content (AvgIpc) is 2.17. The van der Waals surface area contributed by atoms with Crippen LogP contribution in [0.4, 0.5) is 0 Å². The number of hydrogen-bond acceptors (Lipinski definition) is 2. The number of rotatable bonds is 5. The molecule has 3 nitrogen and oxygen atoms in total. The number of allylic oxidation sites excluding steroid dienone is 3. The van der Waals surface area contributed by atoms with Crippen LogP contribution in [-0.2, 0) is 4.79 Å². The maximum absolute atomic E-state index is 11.5. The predicted octanol–water partition coefficient (Wildman–Crippen LogP) is 1.61. The van der Waals surface area contributed by atoms with Crippen molar-refractivity contribution in [1.29, 1.82) is 0 Å². The lowest BCUT2D eigenvalue weighted by Gasteiger charge is -2.33. The second kappa shape index (κ2) is 6.40. The fourth-order valence-electron chi connectivity index (χ4n) is 1.01. The van der Waals surface area contributed by atoms with Crippen molar-refractivity contribution in [3.05, 3.63) is 24.3 Å². The van der Waals surface area contributed by atoms with E-state index in [0.29, 0.717) is 12.5 Å². The van der Waals surface area contributed by atoms with Crippen molar-refractivity contribution >= 4 is 5.91 Å². The summed E-state index contributed by atoms with van der Waals surface area (Å²) in [7, 11) is 0. The molecule has 0 spiro atoms. The third-order valence-electron chi connectivity index (χ3n) is 2.66. The average molecular weight is 210 g/mol. The van der Waals surface area contributed by atoms with Crippen molar-refractivity contribution in [3.63, 3.8) is 0 Å². The number of nitrogens with one attached hydrogen (secondary N) is 1. The summed E-state index contributed by atoms with van der Waals surface area (Å²) in [6, 6.07) is 0. The number of amides is 1. The van der Waals surface area contributed by atoms with Crippen molar-refractivity contribution in [3.8, 4) is 0 Å². The van der Waals surface area contributed by atoms with Crippen molar-refractivity contribution < 1.29 is 4.79 Å². The van der Waals surface area contributed by atoms with Gasteiger partial charge in [-0.1, -0.05) is 32.1 Å². The molecule has 0 aromatic heterocycles. The Morgan fingerprint density at radius 2 is 2.07 bits per heavy atom. The Bertz CT molecular complexity index is 256. The maximum Gasteiger partial charge on any atom is 0.244 e. The molecule has 0 saturated carbocycles. The second-order valence-electron chi connectivity index (χ2n) is 4.15. The summed E-state index contributed by atoms with van der Waals surface area (Å²) in [6.45, 7) is 8.39. The largest absolute Gasteiger partial charge is 0.346 e. The van der Waals surface area contributed by atoms with E-state index in [2.05, 4.69) is 5.32 Å². The molecule has 0 radical (unpaired) electrons. The smallest absolute Gasteiger partial charge is 0.244 e. The zero-order valence-corrected chi connectivity index (χ0v) is 10.1. The Morgan fingerprint density at radius 3 is 2.47 bits per heavy atom. The minimum Gasteiger partial charge on any atom is -0.346 e. The van der Waals surface area contributed by atoms with Crippen LogP contribution in [0.25, 0.3) is 0 Å². The van der Waals surface area contributed by atoms with Crippen LogP contribution in [0.3, 0.4) is 0 Å². The van der Waals surface area contributed by atoms with Crippen LogP contribution in [0, 0.1) is 5.92 Å². The van der Waals surface area contributed by atoms with Crippen LogP contribution in [0.2, 0.25) is 0 Å². The summed E-state index contributed by atoms with van der Waals surface area (Å²) < 4.78 is 0. The van der Waals surface area contributed by atoms with E-state index >= 15 is 0 Å². The van der Waals surface area contributed by atoms with Gasteiger partial charge in [0.2, 0.25) is 5.91 Å². The van der Waals surface area contributed by atoms with Crippen LogP contribution in [0.1, 0.15) is 27.7 Å². The zero-order valence-electron chi connectivity index (χ0n) is 10.1. The molecule has 0 saturated heterocycles. The lowest BCUT2D eigenvalue weighted by atomic mass is 9.88. The fraction of sp³-hybridized carbons (Fsp3) is 0.583. The molecule has 0 rings (SSSR count). The van der Waals surface area contributed by atoms with E-state index in [1.54, 1.807) is 6.08 Å². The van der Waals surface area contributed by atoms with Crippen LogP contribution in [0.15, 0.2) is 24.3 Å². The molecule has 86 valence electrons. The van der Waals surface area contributed by atoms with Crippen LogP contribution in [-0.4, -0.2) is 18.0 Å². The molecule has 15 heavy (non-hydrogen) atoms. The highest BCUT2D eigenvalue weighted by molar-refractivity contribution is 5.88. The number of hydrogen-bond donors (Lipinski definition) is 2. The summed E-state index contributed by atoms with van der Waals surface area (Å²) in [5.41, 5.74) is 5.32. The molecule has 0 aromatic carbocycles. The summed E-state index contributed by atoms with van der Waals surface area (Å²) in [4.78, 5) is 11.5. The normalized spacial score (nSPS) is 16.1. The minimum absolute atomic E-state index is 0.102. The minimum atomic E-state index is -0.336. The zero-order chi connectivity index (χ0) is 11.9. The first-order valence-electron chi connectivity index (χ1n) is 5.28. The van der Waals surface area contributed by atoms with E-state index in [0.717, 1.165) is 0 Å². The Hall–Kier alpha value is -1.09. The maximum atomic E-state index is 11.5. The molecule has 1 amide bonds. The molecule has 3 N–H and O–H groups in total. The van der Waals surface area contributed by atoms with Crippen molar-refractivity contribution in [2.45, 2.75) is 33.2 Å². The Kier molecular flexibility index (Phi) is 5.94. The lowest BCUT2D eigenvalue weighted by molar-refractivity contribution is -0.118. The van der Waals surface area contributed by atoms with Gasteiger partial charge in [0, 0.05) is 12.6 Å². The van der Waals surface area contributed by atoms with Gasteiger partial charge < -0.3 is 11.1 Å². The lowest BCUT2D eigenvalue weighted by Crippen LogP contribution is -2.54. The van der Waals surface area contributed by atoms with Gasteiger partial charge in [0.1, 0.15) is 0 Å². The summed E-state index contributed by atoms with van der Waals surface area (Å²) in [5, 5.41) is 2.92. The Morgan fingerprint density at radius 1 is 1.47 bits per heavy atom. The van der Waals surface area contributed by atoms with Gasteiger partial charge in [-0.25, -0.2) is 0 Å². The van der Waals surface area contributed by atoms with Crippen molar-refractivity contribution in [1.82, 2.24) is 5.32 Å². The monoisotopic (exact) mass is 210 g/mol. The molecule has 3 heteroatoms. The first kappa shape index (κ1) is 13.9. The predicted molar refractivity (Wildman–Crippen MR) is 64.4 cm³/mol. The van der Waals surface area contributed by atoms with Crippen LogP contribution in [0.5, 0.6) is 0 Å². The van der Waals surface area contributed by atoms with E-state index in [1.807, 2.05) is 39.8 Å². The Balaban J connectivity index is 4.37. The van der Waals surface area contributed by atoms with Crippen LogP contribution < -0.4 is 11.1 Å². The summed E-state index contributed by atoms with van der Waals surface area (Å²) in [6.07, 6.45) is 6.91. The highest BCUT2D eigenvalue weighted by Gasteiger charge is 2.27. The highest BCUT2D eigenvalue weighted by Crippen LogP contribution is 2.14. The number of carbonyl (C=O) groups excluding carboxylic acids is 1. The van der Waals surface area contributed by atoms with E-state index in [1.165, 1.54) is 6.08 Å². The van der Waals surface area contributed by atoms with Gasteiger partial charge in [-0.3, -0.25) is 4.79 Å². The van der Waals surface area contributed by atoms with E-state index in [9.17, 15) is 4.79 Å². The molecule has 0 heterocycles. The molecular formula is C12H22N2O. The quantitative estimate of drug-likeness (QED) is 0.535. The van der Waals surface area contributed by atoms with E-state index in [-0.39, 0.29) is 11.4 Å². The van der Waals surface area contributed by atoms with Gasteiger partial charge in [-0.15, -0.1) is 0 Å². The Labute approximate surface area is 92.4 Å². The molecule has 0 fully saturated rings. The van der Waals surface area contributed by atoms with Gasteiger partial charge in [0.05, 0.1) is 5.54 Å². The van der Waals surface area contributed by atoms with E-state index in [4.69, 9.17) is 5.73 Å². The van der Waals surface area contributed by atoms with Gasteiger partial charge in [0.25, 0.3) is 0 Å². The fourth-order valence-corrected chi connectivity index (χ4v) is 1.01. The van der Waals surface area contributed by atoms with Crippen LogP contribution >= 0.6 is 0 Å². The topological polar surface area (TPSA) is 55.1 Å². The van der Waals surface area contributed by atoms with E-state index < -0.39 is 0 Å². The summed E-state index contributed by atoms with van der Waals surface area (Å²) in [5.74, 6) is 0.205. The molecule has 0 aromatic rings. The first-order valence-corrected chi connectivity index (χ1v) is 5.28. The molecular weight excluding hydrogens is 188 g/mol. The standard InChI is InChI=1S/C12H22N2O/c1-5-6-7-8-11(15)14-12(4,9-13)10(2)3/h5-8,10H,9,13H2,1-4H3,(H,14,15)/b6-5+,8-7?. The number of carbonyl (C=O) groups is 1. The second-order valence-corrected chi connectivity index (χ2v) is 4.15. The molecule has 1 atom stereocenters. The molecule has 0 bridgehead atoms. The number of nitrogens with two attached hydrogens (primary N) is 1. The van der Waals surface area contributed by atoms with Gasteiger partial charge in [0.15, 0.2) is 0 Å². The van der Waals surface area contributed by atoms with Gasteiger partial charge in [-0.05, 0) is 19.8 Å². The molecule has 0 aliphatic heterocycles. The summed E-state index contributed by atoms with van der Waals surface area (Å²) >= 11 is 0. The molecule has 1 unspecified atom stereocenters.